The Morgan fingerprint density at radius 2 is 2.25 bits per heavy atom. The van der Waals surface area contributed by atoms with Gasteiger partial charge in [0.2, 0.25) is 5.95 Å². The maximum absolute atomic E-state index is 11.4. The van der Waals surface area contributed by atoms with Crippen LogP contribution in [0.15, 0.2) is 11.1 Å². The average molecular weight is 285 g/mol. The first-order valence-corrected chi connectivity index (χ1v) is 5.54. The minimum atomic E-state index is -0.833. The smallest absolute Gasteiger partial charge is 0.300 e. The number of carboxylic acids is 1. The molecule has 0 aliphatic heterocycles. The summed E-state index contributed by atoms with van der Waals surface area (Å²) in [5, 5.41) is 16.0. The van der Waals surface area contributed by atoms with Crippen molar-refractivity contribution in [2.24, 2.45) is 0 Å². The third kappa shape index (κ3) is 4.33. The van der Waals surface area contributed by atoms with Gasteiger partial charge in [-0.2, -0.15) is 4.98 Å². The maximum atomic E-state index is 11.4. The molecule has 2 aromatic rings. The molecule has 2 rings (SSSR count). The van der Waals surface area contributed by atoms with Crippen molar-refractivity contribution >= 4 is 23.1 Å². The molecular weight excluding hydrogens is 270 g/mol. The molecule has 0 unspecified atom stereocenters. The van der Waals surface area contributed by atoms with Crippen LogP contribution in [0.2, 0.25) is 0 Å². The summed E-state index contributed by atoms with van der Waals surface area (Å²) in [5.41, 5.74) is 5.60. The summed E-state index contributed by atoms with van der Waals surface area (Å²) < 4.78 is 6.63. The molecule has 2 aromatic heterocycles. The van der Waals surface area contributed by atoms with Crippen molar-refractivity contribution in [3.8, 4) is 0 Å². The Balaban J connectivity index is 0.000000444. The fourth-order valence-electron chi connectivity index (χ4n) is 1.29. The van der Waals surface area contributed by atoms with Crippen molar-refractivity contribution in [1.29, 1.82) is 0 Å². The van der Waals surface area contributed by atoms with Crippen LogP contribution in [0.3, 0.4) is 0 Å². The van der Waals surface area contributed by atoms with Crippen molar-refractivity contribution < 1.29 is 19.7 Å². The van der Waals surface area contributed by atoms with Gasteiger partial charge >= 0.3 is 0 Å². The Morgan fingerprint density at radius 1 is 1.60 bits per heavy atom. The van der Waals surface area contributed by atoms with E-state index in [-0.39, 0.29) is 37.0 Å². The summed E-state index contributed by atoms with van der Waals surface area (Å²) in [6.07, 6.45) is 1.43. The third-order valence-corrected chi connectivity index (χ3v) is 1.96. The number of rotatable bonds is 4. The predicted octanol–water partition coefficient (Wildman–Crippen LogP) is -1.24. The molecule has 0 atom stereocenters. The van der Waals surface area contributed by atoms with Crippen LogP contribution in [-0.2, 0) is 16.3 Å². The number of H-pyrrole nitrogens is 1. The molecular formula is C10H15N5O5. The van der Waals surface area contributed by atoms with Crippen LogP contribution in [0, 0.1) is 0 Å². The highest BCUT2D eigenvalue weighted by Gasteiger charge is 2.08. The van der Waals surface area contributed by atoms with E-state index in [9.17, 15) is 4.79 Å². The minimum absolute atomic E-state index is 0.0291. The molecule has 0 aliphatic rings. The largest absolute Gasteiger partial charge is 0.481 e. The van der Waals surface area contributed by atoms with E-state index in [1.165, 1.54) is 10.9 Å². The Bertz CT molecular complexity index is 630. The standard InChI is InChI=1S/C8H11N5O3.C2H4O2/c9-8-11-6-5(7(15)12-8)10-3-13(6)4-16-2-1-14;1-2(3)4/h3,14H,1-2,4H2,(H3,9,11,12,15);1H3,(H,3,4). The molecule has 0 spiro atoms. The van der Waals surface area contributed by atoms with Gasteiger partial charge in [0.15, 0.2) is 11.2 Å². The Kier molecular flexibility index (Phi) is 5.62. The molecule has 110 valence electrons. The first kappa shape index (κ1) is 15.6. The Labute approximate surface area is 112 Å². The number of nitrogens with one attached hydrogen (secondary N) is 1. The van der Waals surface area contributed by atoms with Crippen LogP contribution in [0.4, 0.5) is 5.95 Å². The van der Waals surface area contributed by atoms with Gasteiger partial charge in [-0.15, -0.1) is 0 Å². The van der Waals surface area contributed by atoms with Gasteiger partial charge in [-0.25, -0.2) is 4.98 Å². The van der Waals surface area contributed by atoms with E-state index in [1.807, 2.05) is 0 Å². The van der Waals surface area contributed by atoms with Crippen molar-refractivity contribution in [3.05, 3.63) is 16.7 Å². The predicted molar refractivity (Wildman–Crippen MR) is 68.9 cm³/mol. The monoisotopic (exact) mass is 285 g/mol. The van der Waals surface area contributed by atoms with Crippen LogP contribution < -0.4 is 11.3 Å². The molecule has 0 radical (unpaired) electrons. The normalized spacial score (nSPS) is 10.1. The van der Waals surface area contributed by atoms with E-state index in [2.05, 4.69) is 15.0 Å². The van der Waals surface area contributed by atoms with Crippen molar-refractivity contribution in [3.63, 3.8) is 0 Å². The number of hydrogen-bond donors (Lipinski definition) is 4. The number of hydrogen-bond acceptors (Lipinski definition) is 7. The lowest BCUT2D eigenvalue weighted by Gasteiger charge is -2.03. The number of nitrogen functional groups attached to an aromatic ring is 1. The highest BCUT2D eigenvalue weighted by Crippen LogP contribution is 2.05. The van der Waals surface area contributed by atoms with Gasteiger partial charge in [-0.3, -0.25) is 19.1 Å². The third-order valence-electron chi connectivity index (χ3n) is 1.96. The first-order chi connectivity index (χ1) is 9.45. The second-order valence-corrected chi connectivity index (χ2v) is 3.62. The SMILES string of the molecule is CC(=O)O.Nc1nc2c(ncn2COCCO)c(=O)[nH]1. The van der Waals surface area contributed by atoms with Crippen molar-refractivity contribution in [2.75, 3.05) is 18.9 Å². The Hall–Kier alpha value is -2.46. The molecule has 2 heterocycles. The zero-order valence-corrected chi connectivity index (χ0v) is 10.7. The van der Waals surface area contributed by atoms with Crippen molar-refractivity contribution in [2.45, 2.75) is 13.7 Å². The van der Waals surface area contributed by atoms with Crippen LogP contribution in [0.1, 0.15) is 6.92 Å². The van der Waals surface area contributed by atoms with E-state index >= 15 is 0 Å². The van der Waals surface area contributed by atoms with Crippen LogP contribution >= 0.6 is 0 Å². The molecule has 20 heavy (non-hydrogen) atoms. The Morgan fingerprint density at radius 3 is 2.85 bits per heavy atom. The summed E-state index contributed by atoms with van der Waals surface area (Å²) in [5.74, 6) is -0.804. The number of ether oxygens (including phenoxy) is 1. The van der Waals surface area contributed by atoms with Crippen LogP contribution in [0.5, 0.6) is 0 Å². The topological polar surface area (TPSA) is 156 Å². The number of aromatic nitrogens is 4. The quantitative estimate of drug-likeness (QED) is 0.508. The molecule has 0 aliphatic carbocycles. The molecule has 0 fully saturated rings. The van der Waals surface area contributed by atoms with Gasteiger partial charge in [-0.05, 0) is 0 Å². The fraction of sp³-hybridized carbons (Fsp3) is 0.400. The van der Waals surface area contributed by atoms with E-state index in [0.29, 0.717) is 5.65 Å². The lowest BCUT2D eigenvalue weighted by atomic mass is 10.5. The van der Waals surface area contributed by atoms with Gasteiger partial charge in [0.05, 0.1) is 19.5 Å². The molecule has 0 saturated heterocycles. The number of anilines is 1. The van der Waals surface area contributed by atoms with Gasteiger partial charge < -0.3 is 20.7 Å². The molecule has 5 N–H and O–H groups in total. The maximum Gasteiger partial charge on any atom is 0.300 e. The number of imidazole rings is 1. The lowest BCUT2D eigenvalue weighted by Crippen LogP contribution is -2.13. The number of aliphatic carboxylic acids is 1. The summed E-state index contributed by atoms with van der Waals surface area (Å²) in [6.45, 7) is 1.38. The molecule has 10 nitrogen and oxygen atoms in total. The van der Waals surface area contributed by atoms with E-state index < -0.39 is 5.97 Å². The van der Waals surface area contributed by atoms with Crippen molar-refractivity contribution in [1.82, 2.24) is 19.5 Å². The van der Waals surface area contributed by atoms with Gasteiger partial charge in [-0.1, -0.05) is 0 Å². The number of aliphatic hydroxyl groups is 1. The second-order valence-electron chi connectivity index (χ2n) is 3.62. The van der Waals surface area contributed by atoms with E-state index in [0.717, 1.165) is 6.92 Å². The second kappa shape index (κ2) is 7.21. The molecule has 0 bridgehead atoms. The summed E-state index contributed by atoms with van der Waals surface area (Å²) in [7, 11) is 0. The number of fused-ring (bicyclic) bond motifs is 1. The van der Waals surface area contributed by atoms with E-state index in [4.69, 9.17) is 25.5 Å². The number of aliphatic hydroxyl groups excluding tert-OH is 1. The van der Waals surface area contributed by atoms with E-state index in [1.54, 1.807) is 0 Å². The zero-order valence-electron chi connectivity index (χ0n) is 10.7. The summed E-state index contributed by atoms with van der Waals surface area (Å²) in [6, 6.07) is 0. The zero-order chi connectivity index (χ0) is 15.1. The first-order valence-electron chi connectivity index (χ1n) is 5.54. The van der Waals surface area contributed by atoms with Crippen LogP contribution in [0.25, 0.3) is 11.2 Å². The fourth-order valence-corrected chi connectivity index (χ4v) is 1.29. The summed E-state index contributed by atoms with van der Waals surface area (Å²) >= 11 is 0. The van der Waals surface area contributed by atoms with Gasteiger partial charge in [0, 0.05) is 6.92 Å². The lowest BCUT2D eigenvalue weighted by molar-refractivity contribution is -0.134. The average Bonchev–Trinajstić information content (AvgIpc) is 2.72. The molecule has 10 heteroatoms. The highest BCUT2D eigenvalue weighted by atomic mass is 16.5. The number of carboxylic acid groups (broad SMARTS) is 1. The number of nitrogens with zero attached hydrogens (tertiary/aromatic N) is 3. The highest BCUT2D eigenvalue weighted by molar-refractivity contribution is 5.70. The number of aromatic amines is 1. The number of carbonyl (C=O) groups is 1. The minimum Gasteiger partial charge on any atom is -0.481 e. The van der Waals surface area contributed by atoms with Crippen LogP contribution in [-0.4, -0.2) is 48.9 Å². The number of nitrogens with two attached hydrogens (primary N) is 1. The molecule has 0 aromatic carbocycles. The summed E-state index contributed by atoms with van der Waals surface area (Å²) in [4.78, 5) is 30.6. The van der Waals surface area contributed by atoms with Gasteiger partial charge in [0.25, 0.3) is 11.5 Å². The molecule has 0 amide bonds. The molecule has 0 saturated carbocycles. The van der Waals surface area contributed by atoms with Gasteiger partial charge in [0.1, 0.15) is 6.73 Å².